The molecule has 9 nitrogen and oxygen atoms in total. The fourth-order valence-electron chi connectivity index (χ4n) is 3.07. The lowest BCUT2D eigenvalue weighted by Gasteiger charge is -2.20. The smallest absolute Gasteiger partial charge is 0.314 e. The molecule has 5 unspecified atom stereocenters. The Morgan fingerprint density at radius 2 is 2.00 bits per heavy atom. The SMILES string of the molecule is CCCNC(=O)CC1CC2OC(CNC(=O)NCCOC)C(O)C2O1. The zero-order valence-electron chi connectivity index (χ0n) is 14.8. The highest BCUT2D eigenvalue weighted by Gasteiger charge is 2.50. The number of hydrogen-bond acceptors (Lipinski definition) is 6. The molecule has 25 heavy (non-hydrogen) atoms. The quantitative estimate of drug-likeness (QED) is 0.398. The normalized spacial score (nSPS) is 30.8. The van der Waals surface area contributed by atoms with Gasteiger partial charge >= 0.3 is 6.03 Å². The first-order valence-corrected chi connectivity index (χ1v) is 8.81. The molecule has 4 N–H and O–H groups in total. The predicted octanol–water partition coefficient (Wildman–Crippen LogP) is -0.866. The third-order valence-electron chi connectivity index (χ3n) is 4.32. The van der Waals surface area contributed by atoms with Crippen molar-refractivity contribution in [3.63, 3.8) is 0 Å². The Labute approximate surface area is 147 Å². The molecule has 2 rings (SSSR count). The Balaban J connectivity index is 1.69. The van der Waals surface area contributed by atoms with Crippen molar-refractivity contribution in [2.45, 2.75) is 56.7 Å². The van der Waals surface area contributed by atoms with Crippen molar-refractivity contribution in [3.8, 4) is 0 Å². The van der Waals surface area contributed by atoms with Gasteiger partial charge in [-0.3, -0.25) is 4.79 Å². The molecule has 0 radical (unpaired) electrons. The molecule has 3 amide bonds. The number of ether oxygens (including phenoxy) is 3. The number of urea groups is 1. The van der Waals surface area contributed by atoms with Crippen LogP contribution in [0.25, 0.3) is 0 Å². The molecule has 2 heterocycles. The van der Waals surface area contributed by atoms with Crippen molar-refractivity contribution >= 4 is 11.9 Å². The Morgan fingerprint density at radius 3 is 2.68 bits per heavy atom. The van der Waals surface area contributed by atoms with Crippen LogP contribution in [0.2, 0.25) is 0 Å². The number of aliphatic hydroxyl groups is 1. The molecular weight excluding hydrogens is 330 g/mol. The van der Waals surface area contributed by atoms with Crippen LogP contribution in [0.3, 0.4) is 0 Å². The summed E-state index contributed by atoms with van der Waals surface area (Å²) < 4.78 is 16.4. The van der Waals surface area contributed by atoms with Crippen molar-refractivity contribution in [2.24, 2.45) is 0 Å². The van der Waals surface area contributed by atoms with Crippen molar-refractivity contribution < 1.29 is 28.9 Å². The van der Waals surface area contributed by atoms with Gasteiger partial charge in [-0.25, -0.2) is 4.79 Å². The molecule has 0 saturated carbocycles. The number of nitrogens with one attached hydrogen (secondary N) is 3. The number of carbonyl (C=O) groups is 2. The van der Waals surface area contributed by atoms with Crippen LogP contribution < -0.4 is 16.0 Å². The summed E-state index contributed by atoms with van der Waals surface area (Å²) in [6.45, 7) is 3.68. The van der Waals surface area contributed by atoms with E-state index in [4.69, 9.17) is 14.2 Å². The summed E-state index contributed by atoms with van der Waals surface area (Å²) in [4.78, 5) is 23.3. The summed E-state index contributed by atoms with van der Waals surface area (Å²) in [5.74, 6) is -0.0488. The summed E-state index contributed by atoms with van der Waals surface area (Å²) in [5.41, 5.74) is 0. The number of methoxy groups -OCH3 is 1. The minimum absolute atomic E-state index is 0.0488. The highest BCUT2D eigenvalue weighted by atomic mass is 16.6. The lowest BCUT2D eigenvalue weighted by Crippen LogP contribution is -2.44. The first-order valence-electron chi connectivity index (χ1n) is 8.81. The van der Waals surface area contributed by atoms with Gasteiger partial charge in [0.05, 0.1) is 25.2 Å². The standard InChI is InChI=1S/C16H29N3O6/c1-3-4-17-13(20)8-10-7-11-15(24-10)14(21)12(25-11)9-19-16(22)18-5-6-23-2/h10-12,14-15,21H,3-9H2,1-2H3,(H,17,20)(H2,18,19,22). The molecule has 0 aromatic carbocycles. The van der Waals surface area contributed by atoms with Crippen LogP contribution in [0.5, 0.6) is 0 Å². The minimum Gasteiger partial charge on any atom is -0.388 e. The number of carbonyl (C=O) groups excluding carboxylic acids is 2. The molecule has 144 valence electrons. The van der Waals surface area contributed by atoms with Gasteiger partial charge in [0.2, 0.25) is 5.91 Å². The van der Waals surface area contributed by atoms with Gasteiger partial charge in [0, 0.05) is 33.2 Å². The molecule has 2 aliphatic heterocycles. The van der Waals surface area contributed by atoms with Gasteiger partial charge in [0.25, 0.3) is 0 Å². The van der Waals surface area contributed by atoms with Crippen LogP contribution in [-0.2, 0) is 19.0 Å². The molecule has 0 spiro atoms. The molecule has 5 atom stereocenters. The maximum atomic E-state index is 11.8. The van der Waals surface area contributed by atoms with Gasteiger partial charge in [-0.05, 0) is 6.42 Å². The molecule has 0 aromatic rings. The first kappa shape index (κ1) is 19.9. The number of rotatable bonds is 9. The molecule has 9 heteroatoms. The minimum atomic E-state index is -0.826. The van der Waals surface area contributed by atoms with E-state index in [-0.39, 0.29) is 37.1 Å². The molecule has 0 aliphatic carbocycles. The largest absolute Gasteiger partial charge is 0.388 e. The summed E-state index contributed by atoms with van der Waals surface area (Å²) in [6, 6.07) is -0.337. The van der Waals surface area contributed by atoms with E-state index in [2.05, 4.69) is 16.0 Å². The van der Waals surface area contributed by atoms with Crippen LogP contribution in [0.4, 0.5) is 4.79 Å². The summed E-state index contributed by atoms with van der Waals surface area (Å²) in [7, 11) is 1.56. The molecule has 2 saturated heterocycles. The molecule has 2 fully saturated rings. The highest BCUT2D eigenvalue weighted by Crippen LogP contribution is 2.35. The van der Waals surface area contributed by atoms with Crippen LogP contribution in [0.15, 0.2) is 0 Å². The van der Waals surface area contributed by atoms with Crippen LogP contribution >= 0.6 is 0 Å². The lowest BCUT2D eigenvalue weighted by atomic mass is 10.1. The lowest BCUT2D eigenvalue weighted by molar-refractivity contribution is -0.124. The van der Waals surface area contributed by atoms with E-state index < -0.39 is 18.3 Å². The Morgan fingerprint density at radius 1 is 1.20 bits per heavy atom. The van der Waals surface area contributed by atoms with Gasteiger partial charge in [-0.2, -0.15) is 0 Å². The van der Waals surface area contributed by atoms with E-state index >= 15 is 0 Å². The summed E-state index contributed by atoms with van der Waals surface area (Å²) in [5, 5.41) is 18.4. The number of fused-ring (bicyclic) bond motifs is 1. The van der Waals surface area contributed by atoms with E-state index in [1.54, 1.807) is 7.11 Å². The molecule has 0 bridgehead atoms. The van der Waals surface area contributed by atoms with E-state index in [1.807, 2.05) is 6.92 Å². The highest BCUT2D eigenvalue weighted by molar-refractivity contribution is 5.76. The Bertz CT molecular complexity index is 450. The average molecular weight is 359 g/mol. The maximum Gasteiger partial charge on any atom is 0.314 e. The molecular formula is C16H29N3O6. The van der Waals surface area contributed by atoms with E-state index in [9.17, 15) is 14.7 Å². The summed E-state index contributed by atoms with van der Waals surface area (Å²) >= 11 is 0. The zero-order chi connectivity index (χ0) is 18.2. The van der Waals surface area contributed by atoms with E-state index in [1.165, 1.54) is 0 Å². The van der Waals surface area contributed by atoms with Crippen molar-refractivity contribution in [1.29, 1.82) is 0 Å². The fraction of sp³-hybridized carbons (Fsp3) is 0.875. The second kappa shape index (κ2) is 9.91. The maximum absolute atomic E-state index is 11.8. The number of amides is 3. The van der Waals surface area contributed by atoms with Crippen LogP contribution in [0.1, 0.15) is 26.2 Å². The van der Waals surface area contributed by atoms with Crippen molar-refractivity contribution in [2.75, 3.05) is 33.4 Å². The van der Waals surface area contributed by atoms with E-state index in [0.29, 0.717) is 26.1 Å². The summed E-state index contributed by atoms with van der Waals surface area (Å²) in [6.07, 6.45) is -0.558. The van der Waals surface area contributed by atoms with Gasteiger partial charge in [-0.1, -0.05) is 6.92 Å². The Kier molecular flexibility index (Phi) is 7.89. The molecule has 0 aromatic heterocycles. The average Bonchev–Trinajstić information content (AvgIpc) is 3.10. The van der Waals surface area contributed by atoms with Crippen molar-refractivity contribution in [3.05, 3.63) is 0 Å². The predicted molar refractivity (Wildman–Crippen MR) is 89.1 cm³/mol. The van der Waals surface area contributed by atoms with Crippen LogP contribution in [0, 0.1) is 0 Å². The topological polar surface area (TPSA) is 118 Å². The monoisotopic (exact) mass is 359 g/mol. The van der Waals surface area contributed by atoms with E-state index in [0.717, 1.165) is 6.42 Å². The Hall–Kier alpha value is -1.42. The van der Waals surface area contributed by atoms with Gasteiger partial charge < -0.3 is 35.3 Å². The third-order valence-corrected chi connectivity index (χ3v) is 4.32. The zero-order valence-corrected chi connectivity index (χ0v) is 14.8. The van der Waals surface area contributed by atoms with Gasteiger partial charge in [0.1, 0.15) is 18.3 Å². The molecule has 2 aliphatic rings. The number of aliphatic hydroxyl groups excluding tert-OH is 1. The second-order valence-electron chi connectivity index (χ2n) is 6.35. The van der Waals surface area contributed by atoms with Gasteiger partial charge in [0.15, 0.2) is 0 Å². The van der Waals surface area contributed by atoms with Crippen molar-refractivity contribution in [1.82, 2.24) is 16.0 Å². The number of hydrogen-bond donors (Lipinski definition) is 4. The van der Waals surface area contributed by atoms with Crippen LogP contribution in [-0.4, -0.2) is 80.9 Å². The first-order chi connectivity index (χ1) is 12.0. The van der Waals surface area contributed by atoms with Gasteiger partial charge in [-0.15, -0.1) is 0 Å². The second-order valence-corrected chi connectivity index (χ2v) is 6.35. The third kappa shape index (κ3) is 5.81. The fourth-order valence-corrected chi connectivity index (χ4v) is 3.07.